The molecule has 5 heteroatoms. The summed E-state index contributed by atoms with van der Waals surface area (Å²) >= 11 is 3.51. The standard InChI is InChI=1S/C18H21BrN2O2/c1-13(16-9-4-5-10-17(16)19)20-18(22)21(2)12-14-7-6-8-15(11-14)23-3/h4-11,13H,12H2,1-3H3,(H,20,22). The molecule has 0 spiro atoms. The first-order valence-corrected chi connectivity index (χ1v) is 8.19. The van der Waals surface area contributed by atoms with Crippen LogP contribution in [-0.2, 0) is 6.54 Å². The molecule has 4 nitrogen and oxygen atoms in total. The van der Waals surface area contributed by atoms with Crippen molar-refractivity contribution in [2.45, 2.75) is 19.5 Å². The van der Waals surface area contributed by atoms with Gasteiger partial charge in [0.05, 0.1) is 13.2 Å². The lowest BCUT2D eigenvalue weighted by molar-refractivity contribution is 0.203. The van der Waals surface area contributed by atoms with Gasteiger partial charge >= 0.3 is 6.03 Å². The lowest BCUT2D eigenvalue weighted by Gasteiger charge is -2.22. The van der Waals surface area contributed by atoms with E-state index < -0.39 is 0 Å². The van der Waals surface area contributed by atoms with Crippen LogP contribution in [0.3, 0.4) is 0 Å². The number of nitrogens with one attached hydrogen (secondary N) is 1. The number of hydrogen-bond donors (Lipinski definition) is 1. The second kappa shape index (κ2) is 8.02. The highest BCUT2D eigenvalue weighted by molar-refractivity contribution is 9.10. The summed E-state index contributed by atoms with van der Waals surface area (Å²) < 4.78 is 6.20. The number of rotatable bonds is 5. The molecule has 1 N–H and O–H groups in total. The largest absolute Gasteiger partial charge is 0.497 e. The minimum absolute atomic E-state index is 0.0779. The van der Waals surface area contributed by atoms with E-state index in [4.69, 9.17) is 4.74 Å². The summed E-state index contributed by atoms with van der Waals surface area (Å²) in [5, 5.41) is 3.01. The summed E-state index contributed by atoms with van der Waals surface area (Å²) in [5.41, 5.74) is 2.08. The van der Waals surface area contributed by atoms with E-state index in [0.717, 1.165) is 21.3 Å². The monoisotopic (exact) mass is 376 g/mol. The zero-order chi connectivity index (χ0) is 16.8. The highest BCUT2D eigenvalue weighted by Crippen LogP contribution is 2.23. The van der Waals surface area contributed by atoms with Crippen LogP contribution in [0.4, 0.5) is 4.79 Å². The van der Waals surface area contributed by atoms with Crippen molar-refractivity contribution in [3.8, 4) is 5.75 Å². The summed E-state index contributed by atoms with van der Waals surface area (Å²) in [6.45, 7) is 2.49. The molecule has 0 heterocycles. The Bertz CT molecular complexity index is 676. The van der Waals surface area contributed by atoms with Crippen LogP contribution in [0.25, 0.3) is 0 Å². The van der Waals surface area contributed by atoms with Crippen LogP contribution in [-0.4, -0.2) is 25.1 Å². The smallest absolute Gasteiger partial charge is 0.317 e. The Morgan fingerprint density at radius 2 is 2.00 bits per heavy atom. The molecule has 0 aliphatic carbocycles. The Morgan fingerprint density at radius 3 is 2.70 bits per heavy atom. The van der Waals surface area contributed by atoms with E-state index in [0.29, 0.717) is 6.54 Å². The minimum Gasteiger partial charge on any atom is -0.497 e. The third-order valence-corrected chi connectivity index (χ3v) is 4.33. The molecule has 2 rings (SSSR count). The van der Waals surface area contributed by atoms with Crippen LogP contribution < -0.4 is 10.1 Å². The van der Waals surface area contributed by atoms with Gasteiger partial charge < -0.3 is 15.0 Å². The quantitative estimate of drug-likeness (QED) is 0.841. The predicted molar refractivity (Wildman–Crippen MR) is 95.5 cm³/mol. The highest BCUT2D eigenvalue weighted by atomic mass is 79.9. The fraction of sp³-hybridized carbons (Fsp3) is 0.278. The van der Waals surface area contributed by atoms with E-state index in [-0.39, 0.29) is 12.1 Å². The zero-order valence-electron chi connectivity index (χ0n) is 13.5. The molecule has 1 unspecified atom stereocenters. The number of carbonyl (C=O) groups excluding carboxylic acids is 1. The van der Waals surface area contributed by atoms with Gasteiger partial charge in [0.1, 0.15) is 5.75 Å². The number of ether oxygens (including phenoxy) is 1. The molecule has 0 saturated carbocycles. The second-order valence-electron chi connectivity index (χ2n) is 5.40. The van der Waals surface area contributed by atoms with Gasteiger partial charge in [0, 0.05) is 18.1 Å². The average Bonchev–Trinajstić information content (AvgIpc) is 2.55. The van der Waals surface area contributed by atoms with Gasteiger partial charge in [-0.25, -0.2) is 4.79 Å². The van der Waals surface area contributed by atoms with Gasteiger partial charge in [-0.3, -0.25) is 0 Å². The van der Waals surface area contributed by atoms with E-state index in [9.17, 15) is 4.79 Å². The number of nitrogens with zero attached hydrogens (tertiary/aromatic N) is 1. The van der Waals surface area contributed by atoms with E-state index >= 15 is 0 Å². The fourth-order valence-corrected chi connectivity index (χ4v) is 2.94. The topological polar surface area (TPSA) is 41.6 Å². The summed E-state index contributed by atoms with van der Waals surface area (Å²) in [6, 6.07) is 15.4. The van der Waals surface area contributed by atoms with Gasteiger partial charge in [-0.15, -0.1) is 0 Å². The maximum Gasteiger partial charge on any atom is 0.317 e. The third-order valence-electron chi connectivity index (χ3n) is 3.61. The van der Waals surface area contributed by atoms with Crippen LogP contribution in [0.2, 0.25) is 0 Å². The first-order valence-electron chi connectivity index (χ1n) is 7.40. The molecule has 0 aliphatic heterocycles. The van der Waals surface area contributed by atoms with Crippen molar-refractivity contribution < 1.29 is 9.53 Å². The molecule has 0 bridgehead atoms. The Morgan fingerprint density at radius 1 is 1.26 bits per heavy atom. The van der Waals surface area contributed by atoms with Gasteiger partial charge in [0.25, 0.3) is 0 Å². The van der Waals surface area contributed by atoms with Crippen LogP contribution >= 0.6 is 15.9 Å². The molecule has 2 amide bonds. The number of benzene rings is 2. The average molecular weight is 377 g/mol. The van der Waals surface area contributed by atoms with Gasteiger partial charge in [-0.1, -0.05) is 46.3 Å². The molecular weight excluding hydrogens is 356 g/mol. The molecule has 0 aromatic heterocycles. The summed E-state index contributed by atoms with van der Waals surface area (Å²) in [4.78, 5) is 14.0. The molecule has 1 atom stereocenters. The van der Waals surface area contributed by atoms with Crippen molar-refractivity contribution in [3.05, 3.63) is 64.1 Å². The third kappa shape index (κ3) is 4.73. The molecular formula is C18H21BrN2O2. The van der Waals surface area contributed by atoms with E-state index in [2.05, 4.69) is 21.2 Å². The molecule has 2 aromatic carbocycles. The maximum absolute atomic E-state index is 12.4. The SMILES string of the molecule is COc1cccc(CN(C)C(=O)NC(C)c2ccccc2Br)c1. The normalized spacial score (nSPS) is 11.7. The first kappa shape index (κ1) is 17.3. The Hall–Kier alpha value is -2.01. The van der Waals surface area contributed by atoms with E-state index in [1.165, 1.54) is 0 Å². The zero-order valence-corrected chi connectivity index (χ0v) is 15.1. The van der Waals surface area contributed by atoms with Crippen LogP contribution in [0, 0.1) is 0 Å². The van der Waals surface area contributed by atoms with Crippen LogP contribution in [0.1, 0.15) is 24.1 Å². The van der Waals surface area contributed by atoms with Gasteiger partial charge in [0.2, 0.25) is 0 Å². The van der Waals surface area contributed by atoms with Gasteiger partial charge in [-0.2, -0.15) is 0 Å². The summed E-state index contributed by atoms with van der Waals surface area (Å²) in [5.74, 6) is 0.790. The predicted octanol–water partition coefficient (Wildman–Crippen LogP) is 4.36. The van der Waals surface area contributed by atoms with Crippen molar-refractivity contribution in [2.24, 2.45) is 0 Å². The van der Waals surface area contributed by atoms with Crippen molar-refractivity contribution in [1.82, 2.24) is 10.2 Å². The molecule has 0 fully saturated rings. The lowest BCUT2D eigenvalue weighted by atomic mass is 10.1. The van der Waals surface area contributed by atoms with Crippen molar-refractivity contribution in [1.29, 1.82) is 0 Å². The first-order chi connectivity index (χ1) is 11.0. The molecule has 0 radical (unpaired) electrons. The molecule has 2 aromatic rings. The van der Waals surface area contributed by atoms with Crippen LogP contribution in [0.15, 0.2) is 53.0 Å². The number of hydrogen-bond acceptors (Lipinski definition) is 2. The van der Waals surface area contributed by atoms with E-state index in [1.807, 2.05) is 55.5 Å². The summed E-state index contributed by atoms with van der Waals surface area (Å²) in [6.07, 6.45) is 0. The fourth-order valence-electron chi connectivity index (χ4n) is 2.32. The molecule has 0 aliphatic rings. The number of amides is 2. The summed E-state index contributed by atoms with van der Waals surface area (Å²) in [7, 11) is 3.41. The second-order valence-corrected chi connectivity index (χ2v) is 6.25. The Labute approximate surface area is 145 Å². The maximum atomic E-state index is 12.4. The molecule has 122 valence electrons. The van der Waals surface area contributed by atoms with E-state index in [1.54, 1.807) is 19.1 Å². The van der Waals surface area contributed by atoms with Gasteiger partial charge in [-0.05, 0) is 36.2 Å². The number of halogens is 1. The lowest BCUT2D eigenvalue weighted by Crippen LogP contribution is -2.38. The number of carbonyl (C=O) groups is 1. The molecule has 23 heavy (non-hydrogen) atoms. The van der Waals surface area contributed by atoms with Crippen molar-refractivity contribution in [2.75, 3.05) is 14.2 Å². The van der Waals surface area contributed by atoms with Crippen molar-refractivity contribution in [3.63, 3.8) is 0 Å². The molecule has 0 saturated heterocycles. The Balaban J connectivity index is 1.98. The number of methoxy groups -OCH3 is 1. The highest BCUT2D eigenvalue weighted by Gasteiger charge is 2.15. The Kier molecular flexibility index (Phi) is 6.04. The van der Waals surface area contributed by atoms with Gasteiger partial charge in [0.15, 0.2) is 0 Å². The number of urea groups is 1. The minimum atomic E-state index is -0.115. The van der Waals surface area contributed by atoms with Crippen LogP contribution in [0.5, 0.6) is 5.75 Å². The van der Waals surface area contributed by atoms with Crippen molar-refractivity contribution >= 4 is 22.0 Å².